The highest BCUT2D eigenvalue weighted by Gasteiger charge is 2.26. The average Bonchev–Trinajstić information content (AvgIpc) is 3.07. The zero-order valence-electron chi connectivity index (χ0n) is 14.8. The maximum absolute atomic E-state index is 12.2. The van der Waals surface area contributed by atoms with Gasteiger partial charge in [-0.1, -0.05) is 19.8 Å². The van der Waals surface area contributed by atoms with Crippen LogP contribution in [0, 0.1) is 0 Å². The third kappa shape index (κ3) is 4.61. The third-order valence-corrected chi connectivity index (χ3v) is 5.85. The van der Waals surface area contributed by atoms with Gasteiger partial charge in [-0.2, -0.15) is 0 Å². The van der Waals surface area contributed by atoms with Crippen molar-refractivity contribution in [1.82, 2.24) is 10.2 Å². The van der Waals surface area contributed by atoms with E-state index in [1.54, 1.807) is 24.3 Å². The molecule has 1 aliphatic rings. The lowest BCUT2D eigenvalue weighted by atomic mass is 9.96. The first-order chi connectivity index (χ1) is 12.2. The van der Waals surface area contributed by atoms with Gasteiger partial charge in [0.25, 0.3) is 5.91 Å². The summed E-state index contributed by atoms with van der Waals surface area (Å²) in [6, 6.07) is 9.94. The Morgan fingerprint density at radius 3 is 2.88 bits per heavy atom. The minimum Gasteiger partial charge on any atom is -0.399 e. The van der Waals surface area contributed by atoms with Crippen LogP contribution in [-0.2, 0) is 13.0 Å². The second-order valence-corrected chi connectivity index (χ2v) is 7.72. The monoisotopic (exact) mass is 357 g/mol. The molecule has 0 saturated carbocycles. The molecule has 1 aromatic heterocycles. The van der Waals surface area contributed by atoms with Gasteiger partial charge in [-0.25, -0.2) is 0 Å². The summed E-state index contributed by atoms with van der Waals surface area (Å²) in [5, 5.41) is 5.24. The number of nitrogens with one attached hydrogen (secondary N) is 1. The minimum absolute atomic E-state index is 0.0288. The van der Waals surface area contributed by atoms with Crippen molar-refractivity contribution in [2.45, 2.75) is 45.2 Å². The van der Waals surface area contributed by atoms with Gasteiger partial charge in [-0.15, -0.1) is 11.3 Å². The second-order valence-electron chi connectivity index (χ2n) is 6.72. The van der Waals surface area contributed by atoms with Crippen molar-refractivity contribution in [2.75, 3.05) is 18.8 Å². The molecule has 2 aromatic rings. The summed E-state index contributed by atoms with van der Waals surface area (Å²) >= 11 is 1.85. The van der Waals surface area contributed by atoms with E-state index < -0.39 is 0 Å². The van der Waals surface area contributed by atoms with Gasteiger partial charge in [-0.3, -0.25) is 9.69 Å². The molecule has 0 bridgehead atoms. The van der Waals surface area contributed by atoms with Crippen molar-refractivity contribution < 1.29 is 4.79 Å². The molecular weight excluding hydrogens is 330 g/mol. The van der Waals surface area contributed by atoms with E-state index in [9.17, 15) is 4.79 Å². The number of nitrogens with zero attached hydrogens (tertiary/aromatic N) is 1. The van der Waals surface area contributed by atoms with Gasteiger partial charge in [0.05, 0.1) is 0 Å². The fourth-order valence-corrected chi connectivity index (χ4v) is 4.36. The number of unbranched alkanes of at least 4 members (excludes halogenated alkanes) is 1. The highest BCUT2D eigenvalue weighted by Crippen LogP contribution is 2.29. The number of nitrogens with two attached hydrogens (primary N) is 1. The van der Waals surface area contributed by atoms with Gasteiger partial charge in [-0.05, 0) is 54.1 Å². The van der Waals surface area contributed by atoms with Crippen molar-refractivity contribution in [2.24, 2.45) is 0 Å². The molecule has 1 amide bonds. The highest BCUT2D eigenvalue weighted by atomic mass is 32.1. The fraction of sp³-hybridized carbons (Fsp3) is 0.450. The SMILES string of the molecule is CCCCC1Cc2ccsc2CN1CCNC(=O)c1ccc(N)cc1. The Morgan fingerprint density at radius 2 is 2.12 bits per heavy atom. The smallest absolute Gasteiger partial charge is 0.251 e. The first-order valence-electron chi connectivity index (χ1n) is 9.10. The topological polar surface area (TPSA) is 58.4 Å². The van der Waals surface area contributed by atoms with E-state index in [4.69, 9.17) is 5.73 Å². The molecule has 0 fully saturated rings. The van der Waals surface area contributed by atoms with E-state index >= 15 is 0 Å². The first-order valence-corrected chi connectivity index (χ1v) is 9.98. The summed E-state index contributed by atoms with van der Waals surface area (Å²) in [6.07, 6.45) is 4.87. The number of carbonyl (C=O) groups is 1. The van der Waals surface area contributed by atoms with Crippen LogP contribution in [0.2, 0.25) is 0 Å². The molecule has 4 nitrogen and oxygen atoms in total. The number of thiophene rings is 1. The normalized spacial score (nSPS) is 17.2. The molecule has 2 heterocycles. The largest absolute Gasteiger partial charge is 0.399 e. The van der Waals surface area contributed by atoms with E-state index in [-0.39, 0.29) is 5.91 Å². The zero-order chi connectivity index (χ0) is 17.6. The maximum atomic E-state index is 12.2. The Kier molecular flexibility index (Phi) is 6.10. The molecule has 0 radical (unpaired) electrons. The van der Waals surface area contributed by atoms with Gasteiger partial charge in [0.15, 0.2) is 0 Å². The van der Waals surface area contributed by atoms with E-state index in [2.05, 4.69) is 28.6 Å². The van der Waals surface area contributed by atoms with Crippen LogP contribution in [0.15, 0.2) is 35.7 Å². The Morgan fingerprint density at radius 1 is 1.32 bits per heavy atom. The first kappa shape index (κ1) is 18.0. The lowest BCUT2D eigenvalue weighted by molar-refractivity contribution is 0.0938. The van der Waals surface area contributed by atoms with Crippen LogP contribution in [0.1, 0.15) is 47.0 Å². The summed E-state index contributed by atoms with van der Waals surface area (Å²) in [5.41, 5.74) is 8.53. The van der Waals surface area contributed by atoms with E-state index in [1.165, 1.54) is 29.7 Å². The molecule has 5 heteroatoms. The lowest BCUT2D eigenvalue weighted by Crippen LogP contribution is -2.44. The van der Waals surface area contributed by atoms with Crippen LogP contribution in [0.25, 0.3) is 0 Å². The third-order valence-electron chi connectivity index (χ3n) is 4.90. The molecule has 1 aliphatic heterocycles. The highest BCUT2D eigenvalue weighted by molar-refractivity contribution is 7.10. The second kappa shape index (κ2) is 8.50. The lowest BCUT2D eigenvalue weighted by Gasteiger charge is -2.35. The summed E-state index contributed by atoms with van der Waals surface area (Å²) in [5.74, 6) is -0.0288. The number of nitrogen functional groups attached to an aromatic ring is 1. The Balaban J connectivity index is 1.55. The maximum Gasteiger partial charge on any atom is 0.251 e. The summed E-state index contributed by atoms with van der Waals surface area (Å²) in [4.78, 5) is 16.3. The number of benzene rings is 1. The van der Waals surface area contributed by atoms with Gasteiger partial charge >= 0.3 is 0 Å². The van der Waals surface area contributed by atoms with Crippen LogP contribution in [-0.4, -0.2) is 29.9 Å². The predicted molar refractivity (Wildman–Crippen MR) is 105 cm³/mol. The Bertz CT molecular complexity index is 695. The molecule has 134 valence electrons. The van der Waals surface area contributed by atoms with Gasteiger partial charge in [0, 0.05) is 41.8 Å². The number of rotatable bonds is 7. The zero-order valence-corrected chi connectivity index (χ0v) is 15.6. The Labute approximate surface area is 154 Å². The van der Waals surface area contributed by atoms with Crippen LogP contribution in [0.4, 0.5) is 5.69 Å². The van der Waals surface area contributed by atoms with E-state index in [1.807, 2.05) is 11.3 Å². The Hall–Kier alpha value is -1.85. The molecule has 3 N–H and O–H groups in total. The molecule has 25 heavy (non-hydrogen) atoms. The van der Waals surface area contributed by atoms with Crippen molar-refractivity contribution >= 4 is 22.9 Å². The summed E-state index contributed by atoms with van der Waals surface area (Å²) < 4.78 is 0. The van der Waals surface area contributed by atoms with E-state index in [0.717, 1.165) is 19.5 Å². The van der Waals surface area contributed by atoms with Crippen molar-refractivity contribution in [3.63, 3.8) is 0 Å². The molecule has 1 atom stereocenters. The number of carbonyl (C=O) groups excluding carboxylic acids is 1. The van der Waals surface area contributed by atoms with Crippen molar-refractivity contribution in [1.29, 1.82) is 0 Å². The summed E-state index contributed by atoms with van der Waals surface area (Å²) in [7, 11) is 0. The molecule has 0 spiro atoms. The number of hydrogen-bond acceptors (Lipinski definition) is 4. The predicted octanol–water partition coefficient (Wildman–Crippen LogP) is 3.68. The van der Waals surface area contributed by atoms with Crippen LogP contribution in [0.3, 0.4) is 0 Å². The molecule has 0 saturated heterocycles. The van der Waals surface area contributed by atoms with E-state index in [0.29, 0.717) is 23.8 Å². The van der Waals surface area contributed by atoms with Gasteiger partial charge < -0.3 is 11.1 Å². The standard InChI is InChI=1S/C20H27N3OS/c1-2-3-4-18-13-16-9-12-25-19(16)14-23(18)11-10-22-20(24)15-5-7-17(21)8-6-15/h5-9,12,18H,2-4,10-11,13-14,21H2,1H3,(H,22,24). The number of anilines is 1. The number of amides is 1. The fourth-order valence-electron chi connectivity index (χ4n) is 3.42. The minimum atomic E-state index is -0.0288. The van der Waals surface area contributed by atoms with Crippen LogP contribution < -0.4 is 11.1 Å². The van der Waals surface area contributed by atoms with Gasteiger partial charge in [0.1, 0.15) is 0 Å². The average molecular weight is 358 g/mol. The van der Waals surface area contributed by atoms with Crippen molar-refractivity contribution in [3.8, 4) is 0 Å². The number of fused-ring (bicyclic) bond motifs is 1. The van der Waals surface area contributed by atoms with Gasteiger partial charge in [0.2, 0.25) is 0 Å². The molecule has 0 aliphatic carbocycles. The molecule has 1 aromatic carbocycles. The van der Waals surface area contributed by atoms with Crippen LogP contribution >= 0.6 is 11.3 Å². The summed E-state index contributed by atoms with van der Waals surface area (Å²) in [6.45, 7) is 4.83. The molecular formula is C20H27N3OS. The molecule has 3 rings (SSSR count). The van der Waals surface area contributed by atoms with Crippen molar-refractivity contribution in [3.05, 3.63) is 51.7 Å². The van der Waals surface area contributed by atoms with Crippen LogP contribution in [0.5, 0.6) is 0 Å². The number of hydrogen-bond donors (Lipinski definition) is 2. The molecule has 1 unspecified atom stereocenters. The quantitative estimate of drug-likeness (QED) is 0.743.